The fourth-order valence-electron chi connectivity index (χ4n) is 2.53. The molecule has 1 heterocycles. The van der Waals surface area contributed by atoms with E-state index in [9.17, 15) is 18.0 Å². The van der Waals surface area contributed by atoms with Crippen LogP contribution in [0.2, 0.25) is 0 Å². The number of methoxy groups -OCH3 is 1. The minimum Gasteiger partial charge on any atom is -0.465 e. The summed E-state index contributed by atoms with van der Waals surface area (Å²) in [5.41, 5.74) is 0. The molecule has 0 bridgehead atoms. The summed E-state index contributed by atoms with van der Waals surface area (Å²) in [5.74, 6) is -1.21. The molecule has 0 atom stereocenters. The maximum Gasteiger partial charge on any atom is 0.325 e. The third-order valence-corrected chi connectivity index (χ3v) is 5.76. The molecule has 0 radical (unpaired) electrons. The fourth-order valence-corrected chi connectivity index (χ4v) is 4.13. The molecule has 2 aromatic rings. The van der Waals surface area contributed by atoms with Crippen molar-refractivity contribution in [3.05, 3.63) is 36.7 Å². The number of fused-ring (bicyclic) bond motifs is 1. The topological polar surface area (TPSA) is 115 Å². The van der Waals surface area contributed by atoms with Crippen LogP contribution in [0.4, 0.5) is 0 Å². The Kier molecular flexibility index (Phi) is 7.85. The van der Waals surface area contributed by atoms with Crippen LogP contribution in [0.3, 0.4) is 0 Å². The maximum atomic E-state index is 13.2. The molecule has 0 saturated heterocycles. The fraction of sp³-hybridized carbons (Fsp3) is 0.389. The van der Waals surface area contributed by atoms with Crippen LogP contribution in [0.25, 0.3) is 10.8 Å². The second-order valence-corrected chi connectivity index (χ2v) is 7.67. The van der Waals surface area contributed by atoms with Crippen LogP contribution >= 0.6 is 0 Å². The number of ether oxygens (including phenoxy) is 2. The number of aromatic nitrogens is 1. The van der Waals surface area contributed by atoms with Crippen LogP contribution in [0, 0.1) is 0 Å². The van der Waals surface area contributed by atoms with Crippen LogP contribution in [0.1, 0.15) is 6.92 Å². The number of rotatable bonds is 10. The molecule has 1 amide bonds. The Morgan fingerprint density at radius 1 is 1.25 bits per heavy atom. The highest BCUT2D eigenvalue weighted by Crippen LogP contribution is 2.25. The number of esters is 1. The molecule has 1 aromatic heterocycles. The quantitative estimate of drug-likeness (QED) is 0.570. The zero-order valence-electron chi connectivity index (χ0n) is 15.8. The summed E-state index contributed by atoms with van der Waals surface area (Å²) < 4.78 is 37.1. The van der Waals surface area contributed by atoms with E-state index >= 15 is 0 Å². The number of carbonyl (C=O) groups excluding carboxylic acids is 2. The number of hydrogen-bond acceptors (Lipinski definition) is 7. The summed E-state index contributed by atoms with van der Waals surface area (Å²) in [6.07, 6.45) is 3.08. The number of nitrogens with zero attached hydrogens (tertiary/aromatic N) is 2. The standard InChI is InChI=1S/C18H23N3O6S/c1-3-27-18(23)12-20-17(22)13-21(9-10-26-2)28(24,25)16-6-4-5-14-11-19-8-7-15(14)16/h4-8,11H,3,9-10,12-13H2,1-2H3,(H,20,22). The molecule has 10 heteroatoms. The number of nitrogens with one attached hydrogen (secondary N) is 1. The zero-order valence-corrected chi connectivity index (χ0v) is 16.6. The molecule has 1 aromatic carbocycles. The van der Waals surface area contributed by atoms with E-state index < -0.39 is 28.4 Å². The van der Waals surface area contributed by atoms with Gasteiger partial charge in [-0.25, -0.2) is 8.42 Å². The molecule has 28 heavy (non-hydrogen) atoms. The third kappa shape index (κ3) is 5.47. The Balaban J connectivity index is 2.25. The molecule has 0 aliphatic heterocycles. The Morgan fingerprint density at radius 2 is 2.04 bits per heavy atom. The average molecular weight is 409 g/mol. The maximum absolute atomic E-state index is 13.2. The monoisotopic (exact) mass is 409 g/mol. The zero-order chi connectivity index (χ0) is 20.6. The van der Waals surface area contributed by atoms with Gasteiger partial charge in [0, 0.05) is 36.8 Å². The number of benzene rings is 1. The molecule has 0 fully saturated rings. The molecule has 0 aliphatic carbocycles. The van der Waals surface area contributed by atoms with E-state index in [-0.39, 0.29) is 31.2 Å². The first-order valence-corrected chi connectivity index (χ1v) is 10.1. The molecule has 0 aliphatic rings. The number of pyridine rings is 1. The predicted octanol–water partition coefficient (Wildman–Crippen LogP) is 0.551. The van der Waals surface area contributed by atoms with E-state index in [0.717, 1.165) is 4.31 Å². The van der Waals surface area contributed by atoms with Crippen molar-refractivity contribution in [2.75, 3.05) is 40.0 Å². The van der Waals surface area contributed by atoms with Crippen molar-refractivity contribution in [1.29, 1.82) is 0 Å². The van der Waals surface area contributed by atoms with E-state index in [1.165, 1.54) is 19.4 Å². The van der Waals surface area contributed by atoms with Crippen molar-refractivity contribution in [3.63, 3.8) is 0 Å². The molecule has 0 unspecified atom stereocenters. The minimum absolute atomic E-state index is 0.0207. The highest BCUT2D eigenvalue weighted by molar-refractivity contribution is 7.89. The van der Waals surface area contributed by atoms with Gasteiger partial charge in [-0.3, -0.25) is 14.6 Å². The first-order chi connectivity index (χ1) is 13.4. The summed E-state index contributed by atoms with van der Waals surface area (Å²) >= 11 is 0. The number of carbonyl (C=O) groups is 2. The molecule has 152 valence electrons. The second-order valence-electron chi connectivity index (χ2n) is 5.77. The number of amides is 1. The first-order valence-electron chi connectivity index (χ1n) is 8.64. The van der Waals surface area contributed by atoms with Crippen molar-refractivity contribution >= 4 is 32.7 Å². The lowest BCUT2D eigenvalue weighted by Gasteiger charge is -2.22. The van der Waals surface area contributed by atoms with Gasteiger partial charge >= 0.3 is 5.97 Å². The lowest BCUT2D eigenvalue weighted by Crippen LogP contribution is -2.43. The molecular weight excluding hydrogens is 386 g/mol. The van der Waals surface area contributed by atoms with E-state index in [1.54, 1.807) is 31.3 Å². The van der Waals surface area contributed by atoms with Crippen molar-refractivity contribution in [1.82, 2.24) is 14.6 Å². The van der Waals surface area contributed by atoms with Crippen LogP contribution in [-0.2, 0) is 29.1 Å². The lowest BCUT2D eigenvalue weighted by atomic mass is 10.2. The largest absolute Gasteiger partial charge is 0.465 e. The van der Waals surface area contributed by atoms with E-state index in [2.05, 4.69) is 10.3 Å². The van der Waals surface area contributed by atoms with Crippen LogP contribution in [0.5, 0.6) is 0 Å². The Hall–Kier alpha value is -2.56. The van der Waals surface area contributed by atoms with Crippen LogP contribution in [-0.4, -0.2) is 69.5 Å². The molecular formula is C18H23N3O6S. The minimum atomic E-state index is -4.00. The molecule has 1 N–H and O–H groups in total. The van der Waals surface area contributed by atoms with E-state index in [4.69, 9.17) is 9.47 Å². The summed E-state index contributed by atoms with van der Waals surface area (Å²) in [7, 11) is -2.56. The highest BCUT2D eigenvalue weighted by atomic mass is 32.2. The van der Waals surface area contributed by atoms with Gasteiger partial charge in [0.2, 0.25) is 15.9 Å². The van der Waals surface area contributed by atoms with Gasteiger partial charge in [0.05, 0.1) is 24.7 Å². The predicted molar refractivity (Wildman–Crippen MR) is 102 cm³/mol. The Morgan fingerprint density at radius 3 is 2.75 bits per heavy atom. The molecule has 2 rings (SSSR count). The number of hydrogen-bond donors (Lipinski definition) is 1. The van der Waals surface area contributed by atoms with Gasteiger partial charge in [-0.2, -0.15) is 4.31 Å². The lowest BCUT2D eigenvalue weighted by molar-refractivity contribution is -0.143. The van der Waals surface area contributed by atoms with Crippen molar-refractivity contribution in [3.8, 4) is 0 Å². The van der Waals surface area contributed by atoms with Gasteiger partial charge in [0.15, 0.2) is 0 Å². The van der Waals surface area contributed by atoms with Gasteiger partial charge in [-0.15, -0.1) is 0 Å². The average Bonchev–Trinajstić information content (AvgIpc) is 2.69. The Bertz CT molecular complexity index is 927. The molecule has 0 spiro atoms. The normalized spacial score (nSPS) is 11.5. The highest BCUT2D eigenvalue weighted by Gasteiger charge is 2.28. The summed E-state index contributed by atoms with van der Waals surface area (Å²) in [4.78, 5) is 27.6. The molecule has 9 nitrogen and oxygen atoms in total. The molecule has 0 saturated carbocycles. The number of sulfonamides is 1. The van der Waals surface area contributed by atoms with Crippen molar-refractivity contribution in [2.45, 2.75) is 11.8 Å². The summed E-state index contributed by atoms with van der Waals surface area (Å²) in [5, 5.41) is 3.54. The summed E-state index contributed by atoms with van der Waals surface area (Å²) in [6.45, 7) is 1.15. The van der Waals surface area contributed by atoms with Gasteiger partial charge in [0.25, 0.3) is 0 Å². The Labute approximate surface area is 163 Å². The van der Waals surface area contributed by atoms with E-state index in [1.807, 2.05) is 0 Å². The van der Waals surface area contributed by atoms with Gasteiger partial charge in [-0.1, -0.05) is 12.1 Å². The smallest absolute Gasteiger partial charge is 0.325 e. The van der Waals surface area contributed by atoms with Gasteiger partial charge in [0.1, 0.15) is 6.54 Å². The van der Waals surface area contributed by atoms with Crippen LogP contribution in [0.15, 0.2) is 41.6 Å². The first kappa shape index (κ1) is 21.7. The van der Waals surface area contributed by atoms with Crippen LogP contribution < -0.4 is 5.32 Å². The third-order valence-electron chi connectivity index (χ3n) is 3.86. The summed E-state index contributed by atoms with van der Waals surface area (Å²) in [6, 6.07) is 6.46. The second kappa shape index (κ2) is 10.1. The van der Waals surface area contributed by atoms with Crippen molar-refractivity contribution in [2.24, 2.45) is 0 Å². The van der Waals surface area contributed by atoms with Gasteiger partial charge in [-0.05, 0) is 19.1 Å². The SMILES string of the molecule is CCOC(=O)CNC(=O)CN(CCOC)S(=O)(=O)c1cccc2cnccc12. The van der Waals surface area contributed by atoms with Gasteiger partial charge < -0.3 is 14.8 Å². The van der Waals surface area contributed by atoms with E-state index in [0.29, 0.717) is 10.8 Å². The van der Waals surface area contributed by atoms with Crippen molar-refractivity contribution < 1.29 is 27.5 Å².